The van der Waals surface area contributed by atoms with E-state index in [1.807, 2.05) is 31.2 Å². The highest BCUT2D eigenvalue weighted by Crippen LogP contribution is 2.31. The molecule has 3 N–H and O–H groups in total. The minimum absolute atomic E-state index is 0.288. The predicted octanol–water partition coefficient (Wildman–Crippen LogP) is 3.16. The first-order valence-corrected chi connectivity index (χ1v) is 6.59. The predicted molar refractivity (Wildman–Crippen MR) is 76.8 cm³/mol. The molecule has 2 heterocycles. The Kier molecular flexibility index (Phi) is 3.38. The molecule has 0 bridgehead atoms. The third-order valence-electron chi connectivity index (χ3n) is 3.00. The third kappa shape index (κ3) is 2.50. The second kappa shape index (κ2) is 5.19. The van der Waals surface area contributed by atoms with Crippen LogP contribution in [0, 0.1) is 6.92 Å². The highest BCUT2D eigenvalue weighted by atomic mass is 35.5. The fourth-order valence-electron chi connectivity index (χ4n) is 2.05. The molecule has 20 heavy (non-hydrogen) atoms. The second-order valence-corrected chi connectivity index (χ2v) is 5.00. The molecule has 0 aliphatic carbocycles. The average molecular weight is 292 g/mol. The van der Waals surface area contributed by atoms with Crippen LogP contribution in [0.2, 0.25) is 5.02 Å². The van der Waals surface area contributed by atoms with Crippen molar-refractivity contribution in [2.24, 2.45) is 5.73 Å². The number of ether oxygens (including phenoxy) is 1. The Morgan fingerprint density at radius 1 is 1.35 bits per heavy atom. The SMILES string of the molecule is Cc1cc(COc2cc3[nH]c(CN)cc3cc2Cl)on1. The van der Waals surface area contributed by atoms with Gasteiger partial charge in [0.25, 0.3) is 0 Å². The summed E-state index contributed by atoms with van der Waals surface area (Å²) in [5.41, 5.74) is 8.33. The lowest BCUT2D eigenvalue weighted by Crippen LogP contribution is -1.95. The molecule has 0 aliphatic rings. The molecular formula is C14H14ClN3O2. The van der Waals surface area contributed by atoms with Crippen molar-refractivity contribution in [2.45, 2.75) is 20.1 Å². The van der Waals surface area contributed by atoms with E-state index in [4.69, 9.17) is 26.6 Å². The van der Waals surface area contributed by atoms with Crippen molar-refractivity contribution in [1.82, 2.24) is 10.1 Å². The Hall–Kier alpha value is -1.98. The van der Waals surface area contributed by atoms with Gasteiger partial charge in [-0.2, -0.15) is 0 Å². The van der Waals surface area contributed by atoms with Gasteiger partial charge in [0.1, 0.15) is 12.4 Å². The number of fused-ring (bicyclic) bond motifs is 1. The van der Waals surface area contributed by atoms with Gasteiger partial charge in [-0.3, -0.25) is 0 Å². The van der Waals surface area contributed by atoms with Gasteiger partial charge in [-0.15, -0.1) is 0 Å². The van der Waals surface area contributed by atoms with Gasteiger partial charge >= 0.3 is 0 Å². The minimum atomic E-state index is 0.288. The maximum absolute atomic E-state index is 6.21. The molecule has 5 nitrogen and oxygen atoms in total. The lowest BCUT2D eigenvalue weighted by atomic mass is 10.2. The summed E-state index contributed by atoms with van der Waals surface area (Å²) >= 11 is 6.21. The van der Waals surface area contributed by atoms with Crippen LogP contribution in [0.1, 0.15) is 17.1 Å². The van der Waals surface area contributed by atoms with Crippen molar-refractivity contribution in [3.05, 3.63) is 46.4 Å². The number of aromatic amines is 1. The van der Waals surface area contributed by atoms with Crippen molar-refractivity contribution in [3.8, 4) is 5.75 Å². The number of nitrogens with zero attached hydrogens (tertiary/aromatic N) is 1. The van der Waals surface area contributed by atoms with E-state index in [1.54, 1.807) is 0 Å². The quantitative estimate of drug-likeness (QED) is 0.774. The van der Waals surface area contributed by atoms with Gasteiger partial charge < -0.3 is 20.0 Å². The molecule has 6 heteroatoms. The van der Waals surface area contributed by atoms with Crippen LogP contribution in [0.25, 0.3) is 10.9 Å². The van der Waals surface area contributed by atoms with E-state index in [1.165, 1.54) is 0 Å². The van der Waals surface area contributed by atoms with E-state index < -0.39 is 0 Å². The van der Waals surface area contributed by atoms with Crippen LogP contribution in [0.3, 0.4) is 0 Å². The van der Waals surface area contributed by atoms with Crippen LogP contribution in [-0.2, 0) is 13.2 Å². The fourth-order valence-corrected chi connectivity index (χ4v) is 2.27. The van der Waals surface area contributed by atoms with Crippen molar-refractivity contribution in [3.63, 3.8) is 0 Å². The van der Waals surface area contributed by atoms with Gasteiger partial charge in [0.15, 0.2) is 5.76 Å². The highest BCUT2D eigenvalue weighted by Gasteiger charge is 2.09. The van der Waals surface area contributed by atoms with E-state index >= 15 is 0 Å². The summed E-state index contributed by atoms with van der Waals surface area (Å²) in [4.78, 5) is 3.22. The summed E-state index contributed by atoms with van der Waals surface area (Å²) in [6.45, 7) is 2.61. The maximum atomic E-state index is 6.21. The molecule has 0 radical (unpaired) electrons. The zero-order valence-corrected chi connectivity index (χ0v) is 11.7. The molecule has 0 spiro atoms. The average Bonchev–Trinajstić information content (AvgIpc) is 3.01. The van der Waals surface area contributed by atoms with Crippen molar-refractivity contribution in [2.75, 3.05) is 0 Å². The highest BCUT2D eigenvalue weighted by molar-refractivity contribution is 6.32. The first kappa shape index (κ1) is 13.0. The van der Waals surface area contributed by atoms with Crippen molar-refractivity contribution in [1.29, 1.82) is 0 Å². The summed E-state index contributed by atoms with van der Waals surface area (Å²) in [7, 11) is 0. The third-order valence-corrected chi connectivity index (χ3v) is 3.29. The summed E-state index contributed by atoms with van der Waals surface area (Å²) in [6, 6.07) is 7.52. The molecule has 3 rings (SSSR count). The molecule has 2 aromatic heterocycles. The minimum Gasteiger partial charge on any atom is -0.484 e. The molecule has 0 unspecified atom stereocenters. The van der Waals surface area contributed by atoms with Crippen molar-refractivity contribution < 1.29 is 9.26 Å². The second-order valence-electron chi connectivity index (χ2n) is 4.59. The van der Waals surface area contributed by atoms with Gasteiger partial charge in [-0.25, -0.2) is 0 Å². The number of nitrogens with one attached hydrogen (secondary N) is 1. The lowest BCUT2D eigenvalue weighted by Gasteiger charge is -2.06. The normalized spacial score (nSPS) is 11.2. The smallest absolute Gasteiger partial charge is 0.174 e. The number of nitrogens with two attached hydrogens (primary N) is 1. The number of H-pyrrole nitrogens is 1. The Morgan fingerprint density at radius 2 is 2.20 bits per heavy atom. The Bertz CT molecular complexity index is 748. The number of aromatic nitrogens is 2. The number of halogens is 1. The van der Waals surface area contributed by atoms with E-state index in [0.29, 0.717) is 23.1 Å². The maximum Gasteiger partial charge on any atom is 0.174 e. The van der Waals surface area contributed by atoms with Crippen LogP contribution in [0.15, 0.2) is 28.8 Å². The first-order valence-electron chi connectivity index (χ1n) is 6.22. The van der Waals surface area contributed by atoms with Gasteiger partial charge in [0.05, 0.1) is 10.7 Å². The zero-order chi connectivity index (χ0) is 14.1. The van der Waals surface area contributed by atoms with Crippen LogP contribution in [0.4, 0.5) is 0 Å². The van der Waals surface area contributed by atoms with Crippen LogP contribution < -0.4 is 10.5 Å². The number of benzene rings is 1. The summed E-state index contributed by atoms with van der Waals surface area (Å²) in [5, 5.41) is 5.37. The Balaban J connectivity index is 1.85. The van der Waals surface area contributed by atoms with E-state index in [9.17, 15) is 0 Å². The number of hydrogen-bond acceptors (Lipinski definition) is 4. The topological polar surface area (TPSA) is 77.1 Å². The summed E-state index contributed by atoms with van der Waals surface area (Å²) < 4.78 is 10.8. The summed E-state index contributed by atoms with van der Waals surface area (Å²) in [5.74, 6) is 1.26. The monoisotopic (exact) mass is 291 g/mol. The fraction of sp³-hybridized carbons (Fsp3) is 0.214. The van der Waals surface area contributed by atoms with Crippen LogP contribution >= 0.6 is 11.6 Å². The molecule has 1 aromatic carbocycles. The molecule has 3 aromatic rings. The zero-order valence-electron chi connectivity index (χ0n) is 10.9. The molecule has 104 valence electrons. The lowest BCUT2D eigenvalue weighted by molar-refractivity contribution is 0.249. The molecule has 0 atom stereocenters. The standard InChI is InChI=1S/C14H14ClN3O2/c1-8-2-11(20-18-8)7-19-14-5-13-9(4-12(14)15)3-10(6-16)17-13/h2-5,17H,6-7,16H2,1H3. The Morgan fingerprint density at radius 3 is 2.90 bits per heavy atom. The summed E-state index contributed by atoms with van der Waals surface area (Å²) in [6.07, 6.45) is 0. The molecule has 0 saturated heterocycles. The van der Waals surface area contributed by atoms with Crippen LogP contribution in [-0.4, -0.2) is 10.1 Å². The van der Waals surface area contributed by atoms with Gasteiger partial charge in [-0.05, 0) is 19.1 Å². The first-order chi connectivity index (χ1) is 9.65. The molecule has 0 aliphatic heterocycles. The number of aryl methyl sites for hydroxylation is 1. The number of rotatable bonds is 4. The van der Waals surface area contributed by atoms with E-state index in [0.717, 1.165) is 22.3 Å². The molecule has 0 saturated carbocycles. The van der Waals surface area contributed by atoms with E-state index in [-0.39, 0.29) is 6.61 Å². The number of hydrogen-bond donors (Lipinski definition) is 2. The largest absolute Gasteiger partial charge is 0.484 e. The molecular weight excluding hydrogens is 278 g/mol. The Labute approximate surface area is 120 Å². The molecule has 0 amide bonds. The van der Waals surface area contributed by atoms with Crippen molar-refractivity contribution >= 4 is 22.5 Å². The van der Waals surface area contributed by atoms with Gasteiger partial charge in [-0.1, -0.05) is 16.8 Å². The van der Waals surface area contributed by atoms with Gasteiger partial charge in [0.2, 0.25) is 0 Å². The van der Waals surface area contributed by atoms with E-state index in [2.05, 4.69) is 10.1 Å². The molecule has 0 fully saturated rings. The van der Waals surface area contributed by atoms with Crippen LogP contribution in [0.5, 0.6) is 5.75 Å². The van der Waals surface area contributed by atoms with Gasteiger partial charge in [0, 0.05) is 35.3 Å².